The van der Waals surface area contributed by atoms with E-state index in [9.17, 15) is 0 Å². The molecule has 0 radical (unpaired) electrons. The first kappa shape index (κ1) is 17.7. The van der Waals surface area contributed by atoms with Gasteiger partial charge in [-0.1, -0.05) is 30.3 Å². The lowest BCUT2D eigenvalue weighted by atomic mass is 9.91. The molecule has 6 nitrogen and oxygen atoms in total. The molecule has 1 fully saturated rings. The third-order valence-electron chi connectivity index (χ3n) is 5.14. The number of rotatable bonds is 6. The van der Waals surface area contributed by atoms with Gasteiger partial charge in [-0.05, 0) is 24.0 Å². The van der Waals surface area contributed by atoms with Crippen LogP contribution in [-0.2, 0) is 17.8 Å². The van der Waals surface area contributed by atoms with Crippen molar-refractivity contribution in [2.24, 2.45) is 0 Å². The number of nitrogens with one attached hydrogen (secondary N) is 1. The highest BCUT2D eigenvalue weighted by Gasteiger charge is 2.25. The Kier molecular flexibility index (Phi) is 5.44. The van der Waals surface area contributed by atoms with Crippen LogP contribution >= 0.6 is 0 Å². The van der Waals surface area contributed by atoms with Crippen molar-refractivity contribution in [1.82, 2.24) is 20.2 Å². The summed E-state index contributed by atoms with van der Waals surface area (Å²) in [4.78, 5) is 11.1. The second kappa shape index (κ2) is 8.31. The van der Waals surface area contributed by atoms with E-state index in [1.54, 1.807) is 13.4 Å². The molecule has 1 N–H and O–H groups in total. The van der Waals surface area contributed by atoms with E-state index in [-0.39, 0.29) is 0 Å². The molecule has 3 heterocycles. The maximum absolute atomic E-state index is 5.20. The normalized spacial score (nSPS) is 17.2. The number of ether oxygens (including phenoxy) is 1. The number of hydrogen-bond donors (Lipinski definition) is 1. The van der Waals surface area contributed by atoms with E-state index in [1.165, 1.54) is 16.8 Å². The Bertz CT molecular complexity index is 864. The minimum absolute atomic E-state index is 0.431. The fraction of sp³-hybridized carbons (Fsp3) is 0.381. The van der Waals surface area contributed by atoms with Crippen molar-refractivity contribution in [3.8, 4) is 0 Å². The first-order valence-corrected chi connectivity index (χ1v) is 9.44. The SMILES string of the molecule is COCc1cc(N2CCCC(c3[nH]ncc3Cc3ccccc3)C2)ncn1. The quantitative estimate of drug-likeness (QED) is 0.728. The van der Waals surface area contributed by atoms with Crippen LogP contribution in [0.15, 0.2) is 48.9 Å². The summed E-state index contributed by atoms with van der Waals surface area (Å²) in [5.41, 5.74) is 4.77. The molecular weight excluding hydrogens is 338 g/mol. The van der Waals surface area contributed by atoms with Crippen LogP contribution in [0, 0.1) is 0 Å². The molecule has 27 heavy (non-hydrogen) atoms. The summed E-state index contributed by atoms with van der Waals surface area (Å²) in [7, 11) is 1.69. The minimum atomic E-state index is 0.431. The van der Waals surface area contributed by atoms with Gasteiger partial charge in [-0.2, -0.15) is 5.10 Å². The summed E-state index contributed by atoms with van der Waals surface area (Å²) in [6.07, 6.45) is 6.82. The maximum Gasteiger partial charge on any atom is 0.132 e. The van der Waals surface area contributed by atoms with E-state index < -0.39 is 0 Å². The molecule has 1 unspecified atom stereocenters. The van der Waals surface area contributed by atoms with Crippen LogP contribution in [0.25, 0.3) is 0 Å². The minimum Gasteiger partial charge on any atom is -0.378 e. The first-order valence-electron chi connectivity index (χ1n) is 9.44. The highest BCUT2D eigenvalue weighted by Crippen LogP contribution is 2.30. The average molecular weight is 363 g/mol. The predicted molar refractivity (Wildman–Crippen MR) is 105 cm³/mol. The zero-order valence-corrected chi connectivity index (χ0v) is 15.6. The molecule has 4 rings (SSSR count). The molecular formula is C21H25N5O. The number of piperidine rings is 1. The monoisotopic (exact) mass is 363 g/mol. The molecule has 3 aromatic rings. The fourth-order valence-electron chi connectivity index (χ4n) is 3.84. The first-order chi connectivity index (χ1) is 13.3. The lowest BCUT2D eigenvalue weighted by molar-refractivity contribution is 0.181. The molecule has 1 saturated heterocycles. The van der Waals surface area contributed by atoms with E-state index >= 15 is 0 Å². The molecule has 140 valence electrons. The van der Waals surface area contributed by atoms with Crippen LogP contribution in [0.5, 0.6) is 0 Å². The van der Waals surface area contributed by atoms with Gasteiger partial charge in [0.2, 0.25) is 0 Å². The van der Waals surface area contributed by atoms with Crippen LogP contribution in [0.1, 0.15) is 41.3 Å². The third kappa shape index (κ3) is 4.17. The van der Waals surface area contributed by atoms with Crippen molar-refractivity contribution in [3.05, 3.63) is 71.4 Å². The summed E-state index contributed by atoms with van der Waals surface area (Å²) < 4.78 is 5.20. The summed E-state index contributed by atoms with van der Waals surface area (Å²) in [5.74, 6) is 1.41. The van der Waals surface area contributed by atoms with Crippen LogP contribution in [-0.4, -0.2) is 40.4 Å². The topological polar surface area (TPSA) is 66.9 Å². The smallest absolute Gasteiger partial charge is 0.132 e. The van der Waals surface area contributed by atoms with Crippen LogP contribution in [0.3, 0.4) is 0 Å². The second-order valence-electron chi connectivity index (χ2n) is 7.06. The molecule has 1 aliphatic heterocycles. The van der Waals surface area contributed by atoms with E-state index in [2.05, 4.69) is 55.4 Å². The number of aromatic nitrogens is 4. The lowest BCUT2D eigenvalue weighted by Crippen LogP contribution is -2.35. The highest BCUT2D eigenvalue weighted by molar-refractivity contribution is 5.41. The molecule has 1 aliphatic rings. The molecule has 1 aromatic carbocycles. The van der Waals surface area contributed by atoms with Crippen LogP contribution < -0.4 is 4.90 Å². The summed E-state index contributed by atoms with van der Waals surface area (Å²) in [6.45, 7) is 2.46. The predicted octanol–water partition coefficient (Wildman–Crippen LogP) is 3.32. The van der Waals surface area contributed by atoms with Crippen molar-refractivity contribution in [3.63, 3.8) is 0 Å². The molecule has 2 aromatic heterocycles. The van der Waals surface area contributed by atoms with E-state index in [1.807, 2.05) is 12.3 Å². The molecule has 0 amide bonds. The zero-order valence-electron chi connectivity index (χ0n) is 15.6. The van der Waals surface area contributed by atoms with Crippen LogP contribution in [0.2, 0.25) is 0 Å². The van der Waals surface area contributed by atoms with Crippen molar-refractivity contribution >= 4 is 5.82 Å². The maximum atomic E-state index is 5.20. The molecule has 0 aliphatic carbocycles. The van der Waals surface area contributed by atoms with Gasteiger partial charge in [0.25, 0.3) is 0 Å². The van der Waals surface area contributed by atoms with Crippen molar-refractivity contribution in [2.75, 3.05) is 25.1 Å². The Balaban J connectivity index is 1.51. The van der Waals surface area contributed by atoms with E-state index in [4.69, 9.17) is 4.74 Å². The van der Waals surface area contributed by atoms with Crippen molar-refractivity contribution < 1.29 is 4.74 Å². The van der Waals surface area contributed by atoms with Gasteiger partial charge < -0.3 is 9.64 Å². The average Bonchev–Trinajstić information content (AvgIpc) is 3.17. The molecule has 0 saturated carbocycles. The Labute approximate surface area is 159 Å². The standard InChI is InChI=1S/C21H25N5O/c1-27-14-19-11-20(23-15-22-19)26-9-5-8-17(13-26)21-18(12-24-25-21)10-16-6-3-2-4-7-16/h2-4,6-7,11-12,15,17H,5,8-10,13-14H2,1H3,(H,24,25). The molecule has 0 spiro atoms. The summed E-state index contributed by atoms with van der Waals surface area (Å²) in [6, 6.07) is 12.6. The van der Waals surface area contributed by atoms with Gasteiger partial charge >= 0.3 is 0 Å². The number of benzene rings is 1. The highest BCUT2D eigenvalue weighted by atomic mass is 16.5. The van der Waals surface area contributed by atoms with Gasteiger partial charge in [-0.25, -0.2) is 9.97 Å². The van der Waals surface area contributed by atoms with E-state index in [0.29, 0.717) is 12.5 Å². The molecule has 6 heteroatoms. The Morgan fingerprint density at radius 3 is 2.96 bits per heavy atom. The van der Waals surface area contributed by atoms with Gasteiger partial charge in [0.1, 0.15) is 12.1 Å². The number of hydrogen-bond acceptors (Lipinski definition) is 5. The number of H-pyrrole nitrogens is 1. The summed E-state index contributed by atoms with van der Waals surface area (Å²) in [5, 5.41) is 7.61. The van der Waals surface area contributed by atoms with Gasteiger partial charge in [0.15, 0.2) is 0 Å². The largest absolute Gasteiger partial charge is 0.378 e. The number of nitrogens with zero attached hydrogens (tertiary/aromatic N) is 4. The van der Waals surface area contributed by atoms with Crippen molar-refractivity contribution in [1.29, 1.82) is 0 Å². The number of aromatic amines is 1. The van der Waals surface area contributed by atoms with Gasteiger partial charge in [-0.15, -0.1) is 0 Å². The van der Waals surface area contributed by atoms with E-state index in [0.717, 1.165) is 43.9 Å². The third-order valence-corrected chi connectivity index (χ3v) is 5.14. The summed E-state index contributed by atoms with van der Waals surface area (Å²) >= 11 is 0. The lowest BCUT2D eigenvalue weighted by Gasteiger charge is -2.33. The molecule has 1 atom stereocenters. The van der Waals surface area contributed by atoms with Crippen molar-refractivity contribution in [2.45, 2.75) is 31.8 Å². The number of anilines is 1. The number of methoxy groups -OCH3 is 1. The Morgan fingerprint density at radius 1 is 1.22 bits per heavy atom. The zero-order chi connectivity index (χ0) is 18.5. The van der Waals surface area contributed by atoms with Gasteiger partial charge in [0, 0.05) is 44.3 Å². The van der Waals surface area contributed by atoms with Gasteiger partial charge in [0.05, 0.1) is 18.5 Å². The van der Waals surface area contributed by atoms with Crippen LogP contribution in [0.4, 0.5) is 5.82 Å². The Hall–Kier alpha value is -2.73. The molecule has 0 bridgehead atoms. The fourth-order valence-corrected chi connectivity index (χ4v) is 3.84. The Morgan fingerprint density at radius 2 is 2.11 bits per heavy atom. The van der Waals surface area contributed by atoms with Gasteiger partial charge in [-0.3, -0.25) is 5.10 Å². The second-order valence-corrected chi connectivity index (χ2v) is 7.06.